The molecule has 220 valence electrons. The molecule has 0 bridgehead atoms. The second-order valence-electron chi connectivity index (χ2n) is 9.99. The highest BCUT2D eigenvalue weighted by atomic mass is 32.1. The van der Waals surface area contributed by atoms with E-state index in [1.54, 1.807) is 42.8 Å². The van der Waals surface area contributed by atoms with E-state index in [0.717, 1.165) is 11.3 Å². The number of Topliss-reactive ketones (excluding diaryl/α,β-unsaturated/α-hetero) is 1. The molecule has 9 nitrogen and oxygen atoms in total. The number of benzene rings is 1. The van der Waals surface area contributed by atoms with E-state index >= 15 is 0 Å². The number of methoxy groups -OCH3 is 1. The molecule has 0 spiro atoms. The van der Waals surface area contributed by atoms with Crippen molar-refractivity contribution >= 4 is 40.1 Å². The molecule has 1 saturated heterocycles. The standard InChI is InChI=1S/C27H29FN4O5S.C3H8/c1-5-6-19-20(16(2)33)9-18(10-21(19)28)23-13-38-26(30-23)31-25(35)22(12-36-4)29-24(34)17-7-8-32(11-17)27(3)14-37-15-27;1-3-2/h5-11,13,22H,12,14-15H2,1-4H3,(H,29,34)(H,30,31,35);3H2,1-2H3/b6-5-;. The lowest BCUT2D eigenvalue weighted by Crippen LogP contribution is -2.48. The fourth-order valence-corrected chi connectivity index (χ4v) is 4.78. The second-order valence-corrected chi connectivity index (χ2v) is 10.8. The first-order chi connectivity index (χ1) is 19.6. The van der Waals surface area contributed by atoms with Gasteiger partial charge in [0.05, 0.1) is 36.6 Å². The predicted octanol–water partition coefficient (Wildman–Crippen LogP) is 5.53. The number of nitrogens with zero attached hydrogens (tertiary/aromatic N) is 2. The molecule has 0 saturated carbocycles. The summed E-state index contributed by atoms with van der Waals surface area (Å²) in [7, 11) is 1.43. The van der Waals surface area contributed by atoms with Crippen LogP contribution in [-0.2, 0) is 19.8 Å². The molecule has 2 amide bonds. The molecule has 3 heterocycles. The van der Waals surface area contributed by atoms with Crippen molar-refractivity contribution in [1.82, 2.24) is 14.9 Å². The van der Waals surface area contributed by atoms with Crippen LogP contribution >= 0.6 is 11.3 Å². The summed E-state index contributed by atoms with van der Waals surface area (Å²) in [6.07, 6.45) is 7.99. The summed E-state index contributed by atoms with van der Waals surface area (Å²) in [6, 6.07) is 3.59. The normalized spacial score (nSPS) is 14.5. The number of halogens is 1. The Hall–Kier alpha value is -3.67. The van der Waals surface area contributed by atoms with Crippen LogP contribution in [0.2, 0.25) is 0 Å². The smallest absolute Gasteiger partial charge is 0.253 e. The van der Waals surface area contributed by atoms with Crippen LogP contribution in [0.15, 0.2) is 42.0 Å². The molecular weight excluding hydrogens is 547 g/mol. The van der Waals surface area contributed by atoms with Gasteiger partial charge in [-0.15, -0.1) is 11.3 Å². The Kier molecular flexibility index (Phi) is 11.1. The number of amides is 2. The van der Waals surface area contributed by atoms with Crippen LogP contribution in [0.5, 0.6) is 0 Å². The van der Waals surface area contributed by atoms with Crippen LogP contribution in [-0.4, -0.2) is 60.1 Å². The Bertz CT molecular complexity index is 1410. The summed E-state index contributed by atoms with van der Waals surface area (Å²) in [5.74, 6) is -1.75. The fourth-order valence-electron chi connectivity index (χ4n) is 4.05. The van der Waals surface area contributed by atoms with E-state index < -0.39 is 23.7 Å². The van der Waals surface area contributed by atoms with Gasteiger partial charge in [0.25, 0.3) is 11.8 Å². The van der Waals surface area contributed by atoms with Crippen LogP contribution < -0.4 is 10.6 Å². The van der Waals surface area contributed by atoms with Gasteiger partial charge in [0.2, 0.25) is 0 Å². The van der Waals surface area contributed by atoms with Crippen LogP contribution in [0.3, 0.4) is 0 Å². The minimum Gasteiger partial charge on any atom is -0.382 e. The number of ether oxygens (including phenoxy) is 2. The van der Waals surface area contributed by atoms with Crippen molar-refractivity contribution < 1.29 is 28.2 Å². The van der Waals surface area contributed by atoms with Gasteiger partial charge in [-0.2, -0.15) is 0 Å². The van der Waals surface area contributed by atoms with Gasteiger partial charge in [-0.05, 0) is 39.0 Å². The Morgan fingerprint density at radius 1 is 1.29 bits per heavy atom. The molecule has 3 aromatic rings. The number of thiazole rings is 1. The van der Waals surface area contributed by atoms with Gasteiger partial charge in [0.15, 0.2) is 10.9 Å². The van der Waals surface area contributed by atoms with Crippen molar-refractivity contribution in [1.29, 1.82) is 0 Å². The monoisotopic (exact) mass is 584 g/mol. The minimum absolute atomic E-state index is 0.0539. The third-order valence-corrected chi connectivity index (χ3v) is 6.99. The maximum atomic E-state index is 14.7. The van der Waals surface area contributed by atoms with Gasteiger partial charge >= 0.3 is 0 Å². The maximum absolute atomic E-state index is 14.7. The van der Waals surface area contributed by atoms with Crippen LogP contribution in [0.1, 0.15) is 67.3 Å². The minimum atomic E-state index is -0.979. The summed E-state index contributed by atoms with van der Waals surface area (Å²) in [5, 5.41) is 7.30. The Morgan fingerprint density at radius 3 is 2.59 bits per heavy atom. The van der Waals surface area contributed by atoms with Crippen molar-refractivity contribution in [2.24, 2.45) is 0 Å². The number of ketones is 1. The fraction of sp³-hybridized carbons (Fsp3) is 0.400. The van der Waals surface area contributed by atoms with Gasteiger partial charge in [-0.1, -0.05) is 32.4 Å². The molecule has 1 fully saturated rings. The molecule has 0 aliphatic carbocycles. The molecule has 1 aliphatic rings. The molecule has 11 heteroatoms. The molecule has 2 N–H and O–H groups in total. The first kappa shape index (κ1) is 31.9. The molecule has 1 unspecified atom stereocenters. The molecule has 1 aromatic carbocycles. The highest BCUT2D eigenvalue weighted by Crippen LogP contribution is 2.30. The highest BCUT2D eigenvalue weighted by Gasteiger charge is 2.35. The third kappa shape index (κ3) is 7.75. The van der Waals surface area contributed by atoms with Crippen LogP contribution in [0.4, 0.5) is 9.52 Å². The first-order valence-electron chi connectivity index (χ1n) is 13.4. The lowest BCUT2D eigenvalue weighted by atomic mass is 9.99. The van der Waals surface area contributed by atoms with Gasteiger partial charge in [-0.3, -0.25) is 14.4 Å². The van der Waals surface area contributed by atoms with Gasteiger partial charge < -0.3 is 24.7 Å². The number of allylic oxidation sites excluding steroid dienone is 1. The first-order valence-corrected chi connectivity index (χ1v) is 14.2. The number of rotatable bonds is 10. The number of hydrogen-bond acceptors (Lipinski definition) is 7. The highest BCUT2D eigenvalue weighted by molar-refractivity contribution is 7.14. The second kappa shape index (κ2) is 14.3. The molecular formula is C30H37FN4O5S. The van der Waals surface area contributed by atoms with E-state index in [0.29, 0.717) is 30.0 Å². The molecule has 41 heavy (non-hydrogen) atoms. The van der Waals surface area contributed by atoms with E-state index in [9.17, 15) is 18.8 Å². The summed E-state index contributed by atoms with van der Waals surface area (Å²) in [4.78, 5) is 42.3. The lowest BCUT2D eigenvalue weighted by molar-refractivity contribution is -0.119. The summed E-state index contributed by atoms with van der Waals surface area (Å²) in [5.41, 5.74) is 1.50. The quantitative estimate of drug-likeness (QED) is 0.303. The number of anilines is 1. The van der Waals surface area contributed by atoms with Crippen LogP contribution in [0, 0.1) is 5.82 Å². The van der Waals surface area contributed by atoms with Gasteiger partial charge in [0, 0.05) is 41.6 Å². The summed E-state index contributed by atoms with van der Waals surface area (Å²) >= 11 is 1.14. The Labute approximate surface area is 243 Å². The van der Waals surface area contributed by atoms with E-state index in [4.69, 9.17) is 9.47 Å². The van der Waals surface area contributed by atoms with E-state index in [2.05, 4.69) is 29.5 Å². The van der Waals surface area contributed by atoms with Crippen LogP contribution in [0.25, 0.3) is 17.3 Å². The zero-order valence-electron chi connectivity index (χ0n) is 24.2. The molecule has 0 radical (unpaired) electrons. The molecule has 2 aromatic heterocycles. The summed E-state index contributed by atoms with van der Waals surface area (Å²) in [6.45, 7) is 10.5. The van der Waals surface area contributed by atoms with Gasteiger partial charge in [-0.25, -0.2) is 9.37 Å². The zero-order chi connectivity index (χ0) is 30.2. The SMILES string of the molecule is C/C=C\c1c(F)cc(-c2csc(NC(=O)C(COC)NC(=O)c3ccn(C4(C)COC4)c3)n2)cc1C(C)=O.CCC. The maximum Gasteiger partial charge on any atom is 0.253 e. The lowest BCUT2D eigenvalue weighted by Gasteiger charge is -2.39. The average Bonchev–Trinajstić information content (AvgIpc) is 3.59. The molecule has 1 atom stereocenters. The molecule has 1 aliphatic heterocycles. The van der Waals surface area contributed by atoms with E-state index in [1.165, 1.54) is 26.5 Å². The van der Waals surface area contributed by atoms with Crippen molar-refractivity contribution in [2.45, 2.75) is 52.6 Å². The average molecular weight is 585 g/mol. The largest absolute Gasteiger partial charge is 0.382 e. The number of aromatic nitrogens is 2. The van der Waals surface area contributed by atoms with Crippen molar-refractivity contribution in [2.75, 3.05) is 32.2 Å². The number of carbonyl (C=O) groups excluding carboxylic acids is 3. The van der Waals surface area contributed by atoms with Crippen molar-refractivity contribution in [3.63, 3.8) is 0 Å². The number of carbonyl (C=O) groups is 3. The zero-order valence-corrected chi connectivity index (χ0v) is 25.1. The van der Waals surface area contributed by atoms with E-state index in [1.807, 2.05) is 17.7 Å². The predicted molar refractivity (Wildman–Crippen MR) is 159 cm³/mol. The van der Waals surface area contributed by atoms with E-state index in [-0.39, 0.29) is 34.2 Å². The summed E-state index contributed by atoms with van der Waals surface area (Å²) < 4.78 is 27.1. The number of nitrogens with one attached hydrogen (secondary N) is 2. The number of hydrogen-bond donors (Lipinski definition) is 2. The third-order valence-electron chi connectivity index (χ3n) is 6.23. The topological polar surface area (TPSA) is 112 Å². The Balaban J connectivity index is 0.00000147. The Morgan fingerprint density at radius 2 is 2.00 bits per heavy atom. The van der Waals surface area contributed by atoms with Gasteiger partial charge in [0.1, 0.15) is 11.9 Å². The van der Waals surface area contributed by atoms with Crippen molar-refractivity contribution in [3.05, 3.63) is 64.6 Å². The molecule has 4 rings (SSSR count). The van der Waals surface area contributed by atoms with Crippen molar-refractivity contribution in [3.8, 4) is 11.3 Å².